The van der Waals surface area contributed by atoms with Gasteiger partial charge in [-0.2, -0.15) is 0 Å². The molecule has 0 atom stereocenters. The van der Waals surface area contributed by atoms with E-state index in [0.29, 0.717) is 30.9 Å². The quantitative estimate of drug-likeness (QED) is 0.795. The number of sulfonamides is 1. The van der Waals surface area contributed by atoms with Crippen LogP contribution in [0.5, 0.6) is 5.75 Å². The van der Waals surface area contributed by atoms with Gasteiger partial charge >= 0.3 is 0 Å². The molecular formula is C14H24N2O3S. The van der Waals surface area contributed by atoms with Crippen LogP contribution in [0.1, 0.15) is 20.3 Å². The van der Waals surface area contributed by atoms with Crippen LogP contribution in [0.25, 0.3) is 0 Å². The molecule has 0 saturated heterocycles. The van der Waals surface area contributed by atoms with E-state index in [0.717, 1.165) is 0 Å². The summed E-state index contributed by atoms with van der Waals surface area (Å²) in [5.74, 6) is 0.834. The highest BCUT2D eigenvalue weighted by Crippen LogP contribution is 2.24. The summed E-state index contributed by atoms with van der Waals surface area (Å²) in [4.78, 5) is 0. The lowest BCUT2D eigenvalue weighted by atomic mass is 10.3. The SMILES string of the molecule is COc1cccc(N(CCCN)S(=O)(=O)CC(C)C)c1. The summed E-state index contributed by atoms with van der Waals surface area (Å²) in [6.07, 6.45) is 0.620. The van der Waals surface area contributed by atoms with E-state index >= 15 is 0 Å². The molecule has 5 nitrogen and oxygen atoms in total. The molecule has 0 saturated carbocycles. The van der Waals surface area contributed by atoms with E-state index < -0.39 is 10.0 Å². The third-order valence-electron chi connectivity index (χ3n) is 2.79. The predicted octanol–water partition coefficient (Wildman–Crippen LogP) is 1.84. The summed E-state index contributed by atoms with van der Waals surface area (Å²) in [7, 11) is -1.79. The summed E-state index contributed by atoms with van der Waals surface area (Å²) in [5, 5.41) is 0. The van der Waals surface area contributed by atoms with Crippen molar-refractivity contribution in [2.24, 2.45) is 11.7 Å². The topological polar surface area (TPSA) is 72.6 Å². The van der Waals surface area contributed by atoms with E-state index in [-0.39, 0.29) is 11.7 Å². The zero-order valence-corrected chi connectivity index (χ0v) is 13.2. The highest BCUT2D eigenvalue weighted by molar-refractivity contribution is 7.92. The second kappa shape index (κ2) is 7.50. The van der Waals surface area contributed by atoms with Crippen LogP contribution < -0.4 is 14.8 Å². The number of nitrogens with two attached hydrogens (primary N) is 1. The molecule has 0 amide bonds. The van der Waals surface area contributed by atoms with E-state index in [4.69, 9.17) is 10.5 Å². The van der Waals surface area contributed by atoms with Crippen LogP contribution in [-0.4, -0.2) is 34.4 Å². The standard InChI is InChI=1S/C14H24N2O3S/c1-12(2)11-20(17,18)16(9-5-8-15)13-6-4-7-14(10-13)19-3/h4,6-7,10,12H,5,8-9,11,15H2,1-3H3. The first-order valence-electron chi connectivity index (χ1n) is 6.75. The van der Waals surface area contributed by atoms with Crippen molar-refractivity contribution in [3.63, 3.8) is 0 Å². The number of hydrogen-bond donors (Lipinski definition) is 1. The number of rotatable bonds is 8. The molecule has 0 radical (unpaired) electrons. The summed E-state index contributed by atoms with van der Waals surface area (Å²) in [5.41, 5.74) is 6.13. The number of anilines is 1. The van der Waals surface area contributed by atoms with Gasteiger partial charge in [-0.05, 0) is 31.0 Å². The van der Waals surface area contributed by atoms with Gasteiger partial charge in [0.05, 0.1) is 18.6 Å². The molecule has 1 aromatic carbocycles. The van der Waals surface area contributed by atoms with Crippen LogP contribution in [0.4, 0.5) is 5.69 Å². The van der Waals surface area contributed by atoms with Gasteiger partial charge in [-0.1, -0.05) is 19.9 Å². The van der Waals surface area contributed by atoms with Gasteiger partial charge in [-0.3, -0.25) is 4.31 Å². The van der Waals surface area contributed by atoms with Crippen molar-refractivity contribution in [1.82, 2.24) is 0 Å². The molecule has 6 heteroatoms. The molecular weight excluding hydrogens is 276 g/mol. The molecule has 0 aromatic heterocycles. The van der Waals surface area contributed by atoms with Crippen molar-refractivity contribution >= 4 is 15.7 Å². The normalized spacial score (nSPS) is 11.7. The van der Waals surface area contributed by atoms with Gasteiger partial charge in [0.2, 0.25) is 10.0 Å². The third-order valence-corrected chi connectivity index (χ3v) is 4.94. The first kappa shape index (κ1) is 16.8. The maximum Gasteiger partial charge on any atom is 0.235 e. The van der Waals surface area contributed by atoms with Crippen molar-refractivity contribution < 1.29 is 13.2 Å². The lowest BCUT2D eigenvalue weighted by Gasteiger charge is -2.25. The highest BCUT2D eigenvalue weighted by atomic mass is 32.2. The Hall–Kier alpha value is -1.27. The Morgan fingerprint density at radius 1 is 1.35 bits per heavy atom. The molecule has 1 aromatic rings. The number of nitrogens with zero attached hydrogens (tertiary/aromatic N) is 1. The summed E-state index contributed by atoms with van der Waals surface area (Å²) >= 11 is 0. The maximum absolute atomic E-state index is 12.5. The average Bonchev–Trinajstić information content (AvgIpc) is 2.37. The molecule has 114 valence electrons. The van der Waals surface area contributed by atoms with E-state index in [1.54, 1.807) is 31.4 Å². The van der Waals surface area contributed by atoms with Gasteiger partial charge in [0.25, 0.3) is 0 Å². The molecule has 0 aliphatic carbocycles. The first-order chi connectivity index (χ1) is 9.40. The molecule has 0 fully saturated rings. The van der Waals surface area contributed by atoms with Crippen LogP contribution in [0, 0.1) is 5.92 Å². The molecule has 0 aliphatic rings. The van der Waals surface area contributed by atoms with Crippen LogP contribution in [-0.2, 0) is 10.0 Å². The zero-order valence-electron chi connectivity index (χ0n) is 12.4. The molecule has 0 spiro atoms. The second-order valence-electron chi connectivity index (χ2n) is 5.09. The smallest absolute Gasteiger partial charge is 0.235 e. The van der Waals surface area contributed by atoms with Crippen molar-refractivity contribution in [2.45, 2.75) is 20.3 Å². The molecule has 0 unspecified atom stereocenters. The number of ether oxygens (including phenoxy) is 1. The van der Waals surface area contributed by atoms with Gasteiger partial charge in [0.1, 0.15) is 5.75 Å². The molecule has 2 N–H and O–H groups in total. The van der Waals surface area contributed by atoms with Crippen LogP contribution in [0.2, 0.25) is 0 Å². The lowest BCUT2D eigenvalue weighted by Crippen LogP contribution is -2.36. The van der Waals surface area contributed by atoms with E-state index in [1.165, 1.54) is 4.31 Å². The fraction of sp³-hybridized carbons (Fsp3) is 0.571. The average molecular weight is 300 g/mol. The monoisotopic (exact) mass is 300 g/mol. The summed E-state index contributed by atoms with van der Waals surface area (Å²) in [6, 6.07) is 7.08. The lowest BCUT2D eigenvalue weighted by molar-refractivity contribution is 0.415. The molecule has 20 heavy (non-hydrogen) atoms. The largest absolute Gasteiger partial charge is 0.497 e. The van der Waals surface area contributed by atoms with Gasteiger partial charge < -0.3 is 10.5 Å². The molecule has 1 rings (SSSR count). The number of hydrogen-bond acceptors (Lipinski definition) is 4. The van der Waals surface area contributed by atoms with Crippen LogP contribution in [0.15, 0.2) is 24.3 Å². The minimum atomic E-state index is -3.35. The summed E-state index contributed by atoms with van der Waals surface area (Å²) < 4.78 is 31.6. The summed E-state index contributed by atoms with van der Waals surface area (Å²) in [6.45, 7) is 4.63. The van der Waals surface area contributed by atoms with Gasteiger partial charge in [-0.25, -0.2) is 8.42 Å². The highest BCUT2D eigenvalue weighted by Gasteiger charge is 2.23. The van der Waals surface area contributed by atoms with Crippen molar-refractivity contribution in [3.8, 4) is 5.75 Å². The Morgan fingerprint density at radius 2 is 2.05 bits per heavy atom. The Morgan fingerprint density at radius 3 is 2.60 bits per heavy atom. The zero-order chi connectivity index (χ0) is 15.2. The van der Waals surface area contributed by atoms with Crippen molar-refractivity contribution in [2.75, 3.05) is 30.3 Å². The van der Waals surface area contributed by atoms with Crippen LogP contribution >= 0.6 is 0 Å². The first-order valence-corrected chi connectivity index (χ1v) is 8.36. The number of methoxy groups -OCH3 is 1. The fourth-order valence-corrected chi connectivity index (χ4v) is 3.80. The Labute approximate surface area is 121 Å². The van der Waals surface area contributed by atoms with E-state index in [9.17, 15) is 8.42 Å². The van der Waals surface area contributed by atoms with Gasteiger partial charge in [0.15, 0.2) is 0 Å². The van der Waals surface area contributed by atoms with Gasteiger partial charge in [-0.15, -0.1) is 0 Å². The minimum Gasteiger partial charge on any atom is -0.497 e. The predicted molar refractivity (Wildman–Crippen MR) is 82.6 cm³/mol. The Balaban J connectivity index is 3.10. The molecule has 0 heterocycles. The van der Waals surface area contributed by atoms with Crippen molar-refractivity contribution in [3.05, 3.63) is 24.3 Å². The van der Waals surface area contributed by atoms with Crippen LogP contribution in [0.3, 0.4) is 0 Å². The van der Waals surface area contributed by atoms with E-state index in [1.807, 2.05) is 13.8 Å². The maximum atomic E-state index is 12.5. The Bertz CT molecular complexity index is 515. The van der Waals surface area contributed by atoms with Crippen molar-refractivity contribution in [1.29, 1.82) is 0 Å². The molecule has 0 aliphatic heterocycles. The fourth-order valence-electron chi connectivity index (χ4n) is 1.94. The number of benzene rings is 1. The Kier molecular flexibility index (Phi) is 6.29. The minimum absolute atomic E-state index is 0.0750. The van der Waals surface area contributed by atoms with E-state index in [2.05, 4.69) is 0 Å². The van der Waals surface area contributed by atoms with Gasteiger partial charge in [0, 0.05) is 12.6 Å². The molecule has 0 bridgehead atoms. The second-order valence-corrected chi connectivity index (χ2v) is 7.03. The third kappa shape index (κ3) is 4.68.